The summed E-state index contributed by atoms with van der Waals surface area (Å²) in [5.41, 5.74) is 3.82. The number of ketones is 1. The topological polar surface area (TPSA) is 43.4 Å². The van der Waals surface area contributed by atoms with E-state index in [4.69, 9.17) is 4.74 Å². The molecule has 3 rings (SSSR count). The average Bonchev–Trinajstić information content (AvgIpc) is 3.08. The quantitative estimate of drug-likeness (QED) is 0.635. The monoisotopic (exact) mass is 314 g/mol. The van der Waals surface area contributed by atoms with Crippen LogP contribution in [-0.4, -0.2) is 18.4 Å². The fourth-order valence-corrected chi connectivity index (χ4v) is 3.89. The summed E-state index contributed by atoms with van der Waals surface area (Å²) in [6, 6.07) is 7.63. The van der Waals surface area contributed by atoms with Crippen LogP contribution in [0.1, 0.15) is 48.0 Å². The van der Waals surface area contributed by atoms with Gasteiger partial charge < -0.3 is 4.74 Å². The first-order valence-corrected chi connectivity index (χ1v) is 8.25. The third-order valence-electron chi connectivity index (χ3n) is 3.98. The predicted molar refractivity (Wildman–Crippen MR) is 86.9 cm³/mol. The third-order valence-corrected chi connectivity index (χ3v) is 5.19. The molecule has 22 heavy (non-hydrogen) atoms. The fourth-order valence-electron chi connectivity index (χ4n) is 2.75. The Hall–Kier alpha value is -1.94. The van der Waals surface area contributed by atoms with Crippen LogP contribution >= 0.6 is 11.3 Å². The summed E-state index contributed by atoms with van der Waals surface area (Å²) in [6.45, 7) is 3.62. The maximum absolute atomic E-state index is 12.2. The third kappa shape index (κ3) is 2.97. The summed E-state index contributed by atoms with van der Waals surface area (Å²) in [5.74, 6) is -0.545. The zero-order chi connectivity index (χ0) is 15.7. The van der Waals surface area contributed by atoms with Crippen LogP contribution in [0.15, 0.2) is 24.3 Å². The van der Waals surface area contributed by atoms with Crippen LogP contribution < -0.4 is 0 Å². The number of thiophene rings is 1. The van der Waals surface area contributed by atoms with Crippen molar-refractivity contribution in [1.82, 2.24) is 0 Å². The van der Waals surface area contributed by atoms with E-state index >= 15 is 0 Å². The van der Waals surface area contributed by atoms with E-state index in [1.165, 1.54) is 28.2 Å². The van der Waals surface area contributed by atoms with E-state index < -0.39 is 5.97 Å². The van der Waals surface area contributed by atoms with Crippen molar-refractivity contribution in [2.75, 3.05) is 6.61 Å². The molecule has 3 nitrogen and oxygen atoms in total. The molecule has 0 aliphatic heterocycles. The van der Waals surface area contributed by atoms with E-state index in [1.54, 1.807) is 0 Å². The molecule has 0 radical (unpaired) electrons. The van der Waals surface area contributed by atoms with Crippen LogP contribution in [0.2, 0.25) is 0 Å². The number of fused-ring (bicyclic) bond motifs is 1. The lowest BCUT2D eigenvalue weighted by Gasteiger charge is -2.07. The highest BCUT2D eigenvalue weighted by Gasteiger charge is 2.20. The number of carbonyl (C=O) groups excluding carboxylic acids is 2. The van der Waals surface area contributed by atoms with E-state index in [9.17, 15) is 9.59 Å². The van der Waals surface area contributed by atoms with Gasteiger partial charge >= 0.3 is 5.97 Å². The van der Waals surface area contributed by atoms with E-state index in [-0.39, 0.29) is 12.4 Å². The first-order chi connectivity index (χ1) is 10.5. The van der Waals surface area contributed by atoms with Crippen LogP contribution in [0.5, 0.6) is 0 Å². The lowest BCUT2D eigenvalue weighted by atomic mass is 10.0. The SMILES string of the molecule is Cc1ccc(C)c(C(=O)COC(=O)c2cc3c(s2)CCC3)c1. The summed E-state index contributed by atoms with van der Waals surface area (Å²) in [4.78, 5) is 26.2. The Morgan fingerprint density at radius 3 is 2.77 bits per heavy atom. The maximum Gasteiger partial charge on any atom is 0.348 e. The minimum Gasteiger partial charge on any atom is -0.453 e. The Balaban J connectivity index is 1.65. The highest BCUT2D eigenvalue weighted by atomic mass is 32.1. The van der Waals surface area contributed by atoms with E-state index in [2.05, 4.69) is 0 Å². The number of rotatable bonds is 4. The summed E-state index contributed by atoms with van der Waals surface area (Å²) < 4.78 is 5.20. The van der Waals surface area contributed by atoms with Gasteiger partial charge in [0.05, 0.1) is 0 Å². The Morgan fingerprint density at radius 2 is 2.00 bits per heavy atom. The molecule has 0 N–H and O–H groups in total. The smallest absolute Gasteiger partial charge is 0.348 e. The van der Waals surface area contributed by atoms with Gasteiger partial charge in [-0.2, -0.15) is 0 Å². The molecule has 1 heterocycles. The number of hydrogen-bond donors (Lipinski definition) is 0. The zero-order valence-electron chi connectivity index (χ0n) is 12.8. The second-order valence-electron chi connectivity index (χ2n) is 5.73. The predicted octanol–water partition coefficient (Wildman–Crippen LogP) is 3.89. The number of aryl methyl sites for hydroxylation is 4. The van der Waals surface area contributed by atoms with Crippen molar-refractivity contribution >= 4 is 23.1 Å². The number of esters is 1. The molecule has 0 atom stereocenters. The van der Waals surface area contributed by atoms with Gasteiger partial charge in [0.15, 0.2) is 6.61 Å². The molecular weight excluding hydrogens is 296 g/mol. The maximum atomic E-state index is 12.2. The lowest BCUT2D eigenvalue weighted by molar-refractivity contribution is 0.0479. The van der Waals surface area contributed by atoms with Gasteiger partial charge in [0, 0.05) is 10.4 Å². The van der Waals surface area contributed by atoms with Gasteiger partial charge in [0.2, 0.25) is 5.78 Å². The number of benzene rings is 1. The van der Waals surface area contributed by atoms with Crippen LogP contribution in [0.4, 0.5) is 0 Å². The van der Waals surface area contributed by atoms with Crippen LogP contribution in [0, 0.1) is 13.8 Å². The van der Waals surface area contributed by atoms with Crippen LogP contribution in [-0.2, 0) is 17.6 Å². The van der Waals surface area contributed by atoms with Crippen LogP contribution in [0.25, 0.3) is 0 Å². The second-order valence-corrected chi connectivity index (χ2v) is 6.87. The molecule has 1 aliphatic carbocycles. The lowest BCUT2D eigenvalue weighted by Crippen LogP contribution is -2.14. The number of ether oxygens (including phenoxy) is 1. The summed E-state index contributed by atoms with van der Waals surface area (Å²) >= 11 is 1.50. The van der Waals surface area contributed by atoms with Gasteiger partial charge in [-0.25, -0.2) is 4.79 Å². The van der Waals surface area contributed by atoms with Crippen molar-refractivity contribution < 1.29 is 14.3 Å². The first-order valence-electron chi connectivity index (χ1n) is 7.44. The van der Waals surface area contributed by atoms with Crippen molar-refractivity contribution in [2.24, 2.45) is 0 Å². The van der Waals surface area contributed by atoms with Crippen LogP contribution in [0.3, 0.4) is 0 Å². The molecule has 2 aromatic rings. The molecule has 0 unspecified atom stereocenters. The van der Waals surface area contributed by atoms with Gasteiger partial charge in [0.1, 0.15) is 4.88 Å². The van der Waals surface area contributed by atoms with Crippen molar-refractivity contribution in [3.8, 4) is 0 Å². The van der Waals surface area contributed by atoms with Gasteiger partial charge in [-0.1, -0.05) is 17.7 Å². The molecule has 4 heteroatoms. The average molecular weight is 314 g/mol. The number of hydrogen-bond acceptors (Lipinski definition) is 4. The van der Waals surface area contributed by atoms with Gasteiger partial charge in [-0.15, -0.1) is 11.3 Å². The minimum absolute atomic E-state index is 0.154. The minimum atomic E-state index is -0.391. The highest BCUT2D eigenvalue weighted by Crippen LogP contribution is 2.30. The molecule has 114 valence electrons. The second kappa shape index (κ2) is 6.05. The number of Topliss-reactive ketones (excluding diaryl/α,β-unsaturated/α-hetero) is 1. The Labute approximate surface area is 133 Å². The standard InChI is InChI=1S/C18H18O3S/c1-11-6-7-12(2)14(8-11)15(19)10-21-18(20)17-9-13-4-3-5-16(13)22-17/h6-9H,3-5,10H2,1-2H3. The molecule has 0 bridgehead atoms. The van der Waals surface area contributed by atoms with Gasteiger partial charge in [0.25, 0.3) is 0 Å². The zero-order valence-corrected chi connectivity index (χ0v) is 13.6. The molecule has 1 aromatic carbocycles. The van der Waals surface area contributed by atoms with E-state index in [0.717, 1.165) is 24.0 Å². The molecule has 1 aromatic heterocycles. The Kier molecular flexibility index (Phi) is 4.12. The van der Waals surface area contributed by atoms with Crippen molar-refractivity contribution in [3.05, 3.63) is 56.3 Å². The molecule has 0 fully saturated rings. The molecule has 0 saturated carbocycles. The van der Waals surface area contributed by atoms with E-state index in [1.807, 2.05) is 38.1 Å². The Bertz CT molecular complexity index is 721. The van der Waals surface area contributed by atoms with Crippen molar-refractivity contribution in [2.45, 2.75) is 33.1 Å². The summed E-state index contributed by atoms with van der Waals surface area (Å²) in [6.07, 6.45) is 3.26. The molecule has 1 aliphatic rings. The highest BCUT2D eigenvalue weighted by molar-refractivity contribution is 7.14. The molecular formula is C18H18O3S. The summed E-state index contributed by atoms with van der Waals surface area (Å²) in [5, 5.41) is 0. The van der Waals surface area contributed by atoms with Crippen molar-refractivity contribution in [3.63, 3.8) is 0 Å². The van der Waals surface area contributed by atoms with Gasteiger partial charge in [-0.3, -0.25) is 4.79 Å². The van der Waals surface area contributed by atoms with Gasteiger partial charge in [-0.05, 0) is 56.4 Å². The summed E-state index contributed by atoms with van der Waals surface area (Å²) in [7, 11) is 0. The molecule has 0 amide bonds. The normalized spacial score (nSPS) is 13.0. The van der Waals surface area contributed by atoms with Crippen molar-refractivity contribution in [1.29, 1.82) is 0 Å². The number of carbonyl (C=O) groups is 2. The molecule has 0 saturated heterocycles. The van der Waals surface area contributed by atoms with E-state index in [0.29, 0.717) is 10.4 Å². The molecule has 0 spiro atoms. The Morgan fingerprint density at radius 1 is 1.18 bits per heavy atom. The fraction of sp³-hybridized carbons (Fsp3) is 0.333. The first kappa shape index (κ1) is 15.0. The largest absolute Gasteiger partial charge is 0.453 e.